The number of hydrogen-bond acceptors (Lipinski definition) is 3. The van der Waals surface area contributed by atoms with E-state index in [0.717, 1.165) is 23.2 Å². The maximum absolute atomic E-state index is 8.84. The zero-order valence-electron chi connectivity index (χ0n) is 9.55. The summed E-state index contributed by atoms with van der Waals surface area (Å²) in [5.41, 5.74) is 1.65. The lowest BCUT2D eigenvalue weighted by Crippen LogP contribution is -2.22. The third-order valence-corrected chi connectivity index (χ3v) is 2.69. The van der Waals surface area contributed by atoms with Crippen LogP contribution in [0.1, 0.15) is 12.5 Å². The van der Waals surface area contributed by atoms with Crippen LogP contribution in [0.15, 0.2) is 22.7 Å². The molecule has 0 heterocycles. The molecular weight excluding hydrogens is 266 g/mol. The number of halogens is 1. The second-order valence-electron chi connectivity index (χ2n) is 3.88. The minimum absolute atomic E-state index is 0.550. The lowest BCUT2D eigenvalue weighted by Gasteiger charge is -2.13. The Kier molecular flexibility index (Phi) is 5.30. The van der Waals surface area contributed by atoms with E-state index >= 15 is 0 Å². The Morgan fingerprint density at radius 3 is 2.75 bits per heavy atom. The van der Waals surface area contributed by atoms with Crippen molar-refractivity contribution in [2.24, 2.45) is 5.92 Å². The van der Waals surface area contributed by atoms with Crippen molar-refractivity contribution in [3.63, 3.8) is 0 Å². The van der Waals surface area contributed by atoms with Gasteiger partial charge in [-0.25, -0.2) is 0 Å². The maximum Gasteiger partial charge on any atom is 0.0992 e. The number of nitrogens with one attached hydrogen (secondary N) is 2. The van der Waals surface area contributed by atoms with Crippen LogP contribution in [0.4, 0.5) is 5.69 Å². The first-order chi connectivity index (χ1) is 7.65. The van der Waals surface area contributed by atoms with E-state index in [1.807, 2.05) is 25.2 Å². The number of nitrogens with zero attached hydrogens (tertiary/aromatic N) is 1. The summed E-state index contributed by atoms with van der Waals surface area (Å²) in [7, 11) is 1.95. The van der Waals surface area contributed by atoms with Gasteiger partial charge in [-0.3, -0.25) is 0 Å². The molecule has 0 aromatic heterocycles. The summed E-state index contributed by atoms with van der Waals surface area (Å²) in [6.45, 7) is 4.04. The van der Waals surface area contributed by atoms with E-state index in [1.165, 1.54) is 0 Å². The van der Waals surface area contributed by atoms with Crippen molar-refractivity contribution in [3.05, 3.63) is 28.2 Å². The summed E-state index contributed by atoms with van der Waals surface area (Å²) >= 11 is 3.39. The molecule has 1 rings (SSSR count). The van der Waals surface area contributed by atoms with E-state index in [1.54, 1.807) is 0 Å². The van der Waals surface area contributed by atoms with Crippen LogP contribution in [0.3, 0.4) is 0 Å². The summed E-state index contributed by atoms with van der Waals surface area (Å²) in [6, 6.07) is 7.78. The molecule has 86 valence electrons. The molecule has 16 heavy (non-hydrogen) atoms. The lowest BCUT2D eigenvalue weighted by atomic mass is 10.1. The average Bonchev–Trinajstić information content (AvgIpc) is 2.26. The third-order valence-electron chi connectivity index (χ3n) is 2.23. The van der Waals surface area contributed by atoms with Crippen molar-refractivity contribution >= 4 is 21.6 Å². The molecule has 0 saturated heterocycles. The number of rotatable bonds is 5. The summed E-state index contributed by atoms with van der Waals surface area (Å²) in [4.78, 5) is 0. The smallest absolute Gasteiger partial charge is 0.0992 e. The van der Waals surface area contributed by atoms with E-state index in [0.29, 0.717) is 11.5 Å². The van der Waals surface area contributed by atoms with Gasteiger partial charge in [0, 0.05) is 16.7 Å². The highest BCUT2D eigenvalue weighted by Gasteiger charge is 2.02. The third kappa shape index (κ3) is 4.21. The Balaban J connectivity index is 2.60. The van der Waals surface area contributed by atoms with E-state index in [9.17, 15) is 0 Å². The monoisotopic (exact) mass is 281 g/mol. The molecule has 1 aromatic carbocycles. The van der Waals surface area contributed by atoms with Gasteiger partial charge in [-0.05, 0) is 37.7 Å². The Hall–Kier alpha value is -1.05. The summed E-state index contributed by atoms with van der Waals surface area (Å²) in [5.74, 6) is 0.550. The largest absolute Gasteiger partial charge is 0.385 e. The lowest BCUT2D eigenvalue weighted by molar-refractivity contribution is 0.569. The van der Waals surface area contributed by atoms with E-state index in [-0.39, 0.29) is 0 Å². The number of hydrogen-bond donors (Lipinski definition) is 2. The molecule has 1 unspecified atom stereocenters. The van der Waals surface area contributed by atoms with Gasteiger partial charge < -0.3 is 10.6 Å². The minimum atomic E-state index is 0.550. The van der Waals surface area contributed by atoms with Gasteiger partial charge in [0.2, 0.25) is 0 Å². The van der Waals surface area contributed by atoms with Crippen molar-refractivity contribution < 1.29 is 0 Å². The number of anilines is 1. The molecule has 0 radical (unpaired) electrons. The van der Waals surface area contributed by atoms with Crippen LogP contribution >= 0.6 is 15.9 Å². The van der Waals surface area contributed by atoms with Crippen LogP contribution in [0, 0.1) is 17.2 Å². The van der Waals surface area contributed by atoms with Crippen LogP contribution in [0.5, 0.6) is 0 Å². The van der Waals surface area contributed by atoms with Crippen molar-refractivity contribution in [1.29, 1.82) is 5.26 Å². The predicted molar refractivity (Wildman–Crippen MR) is 70.4 cm³/mol. The molecule has 0 aliphatic rings. The number of benzene rings is 1. The van der Waals surface area contributed by atoms with Crippen LogP contribution in [0.2, 0.25) is 0 Å². The normalized spacial score (nSPS) is 11.9. The van der Waals surface area contributed by atoms with Gasteiger partial charge >= 0.3 is 0 Å². The molecule has 0 bridgehead atoms. The molecule has 4 heteroatoms. The van der Waals surface area contributed by atoms with Gasteiger partial charge in [-0.15, -0.1) is 0 Å². The highest BCUT2D eigenvalue weighted by Crippen LogP contribution is 2.19. The Bertz CT molecular complexity index is 384. The zero-order chi connectivity index (χ0) is 12.0. The van der Waals surface area contributed by atoms with Crippen molar-refractivity contribution in [3.8, 4) is 6.07 Å². The van der Waals surface area contributed by atoms with E-state index in [2.05, 4.69) is 39.6 Å². The van der Waals surface area contributed by atoms with Gasteiger partial charge in [0.15, 0.2) is 0 Å². The minimum Gasteiger partial charge on any atom is -0.385 e. The summed E-state index contributed by atoms with van der Waals surface area (Å²) in [5, 5.41) is 15.3. The standard InChI is InChI=1S/C12H16BrN3/c1-9(7-15-2)8-16-12-4-10(6-14)3-11(13)5-12/h3-5,9,15-16H,7-8H2,1-2H3. The number of nitriles is 1. The molecule has 0 aliphatic carbocycles. The van der Waals surface area contributed by atoms with Crippen molar-refractivity contribution in [2.45, 2.75) is 6.92 Å². The van der Waals surface area contributed by atoms with Gasteiger partial charge in [0.1, 0.15) is 0 Å². The molecule has 3 nitrogen and oxygen atoms in total. The fraction of sp³-hybridized carbons (Fsp3) is 0.417. The molecule has 2 N–H and O–H groups in total. The van der Waals surface area contributed by atoms with Crippen LogP contribution in [-0.2, 0) is 0 Å². The van der Waals surface area contributed by atoms with Crippen LogP contribution in [-0.4, -0.2) is 20.1 Å². The van der Waals surface area contributed by atoms with Crippen molar-refractivity contribution in [1.82, 2.24) is 5.32 Å². The molecule has 0 spiro atoms. The molecule has 0 saturated carbocycles. The first-order valence-electron chi connectivity index (χ1n) is 5.25. The quantitative estimate of drug-likeness (QED) is 0.872. The van der Waals surface area contributed by atoms with Crippen molar-refractivity contribution in [2.75, 3.05) is 25.5 Å². The van der Waals surface area contributed by atoms with E-state index < -0.39 is 0 Å². The molecule has 0 amide bonds. The SMILES string of the molecule is CNCC(C)CNc1cc(Br)cc(C#N)c1. The predicted octanol–water partition coefficient (Wildman–Crippen LogP) is 2.59. The first kappa shape index (κ1) is 13.0. The summed E-state index contributed by atoms with van der Waals surface area (Å²) < 4.78 is 0.926. The van der Waals surface area contributed by atoms with Crippen LogP contribution in [0.25, 0.3) is 0 Å². The first-order valence-corrected chi connectivity index (χ1v) is 6.04. The molecule has 0 fully saturated rings. The maximum atomic E-state index is 8.84. The fourth-order valence-electron chi connectivity index (χ4n) is 1.47. The average molecular weight is 282 g/mol. The highest BCUT2D eigenvalue weighted by molar-refractivity contribution is 9.10. The Morgan fingerprint density at radius 2 is 2.12 bits per heavy atom. The van der Waals surface area contributed by atoms with Gasteiger partial charge in [0.05, 0.1) is 11.6 Å². The van der Waals surface area contributed by atoms with E-state index in [4.69, 9.17) is 5.26 Å². The highest BCUT2D eigenvalue weighted by atomic mass is 79.9. The molecular formula is C12H16BrN3. The topological polar surface area (TPSA) is 47.8 Å². The molecule has 1 aromatic rings. The Labute approximate surface area is 105 Å². The second-order valence-corrected chi connectivity index (χ2v) is 4.80. The Morgan fingerprint density at radius 1 is 1.38 bits per heavy atom. The zero-order valence-corrected chi connectivity index (χ0v) is 11.1. The second kappa shape index (κ2) is 6.51. The van der Waals surface area contributed by atoms with Crippen LogP contribution < -0.4 is 10.6 Å². The summed E-state index contributed by atoms with van der Waals surface area (Å²) in [6.07, 6.45) is 0. The fourth-order valence-corrected chi connectivity index (χ4v) is 1.96. The molecule has 0 aliphatic heterocycles. The molecule has 1 atom stereocenters. The van der Waals surface area contributed by atoms with Gasteiger partial charge in [-0.2, -0.15) is 5.26 Å². The van der Waals surface area contributed by atoms with Gasteiger partial charge in [-0.1, -0.05) is 22.9 Å². The van der Waals surface area contributed by atoms with Gasteiger partial charge in [0.25, 0.3) is 0 Å².